The molecule has 1 rings (SSSR count). The van der Waals surface area contributed by atoms with Crippen LogP contribution in [0.5, 0.6) is 0 Å². The molecule has 0 aromatic carbocycles. The Kier molecular flexibility index (Phi) is 4.94. The molecule has 1 amide bonds. The van der Waals surface area contributed by atoms with E-state index in [1.807, 2.05) is 11.8 Å². The van der Waals surface area contributed by atoms with Crippen molar-refractivity contribution in [2.75, 3.05) is 19.7 Å². The first-order valence-electron chi connectivity index (χ1n) is 5.62. The molecule has 3 nitrogen and oxygen atoms in total. The molecule has 1 atom stereocenters. The van der Waals surface area contributed by atoms with E-state index in [9.17, 15) is 4.79 Å². The van der Waals surface area contributed by atoms with Gasteiger partial charge in [0.15, 0.2) is 0 Å². The first kappa shape index (κ1) is 11.5. The Labute approximate surface area is 86.1 Å². The third-order valence-corrected chi connectivity index (χ3v) is 2.77. The number of nitrogens with zero attached hydrogens (tertiary/aromatic N) is 1. The zero-order valence-electron chi connectivity index (χ0n) is 9.04. The maximum Gasteiger partial charge on any atom is 0.222 e. The number of likely N-dealkylation sites (tertiary alicyclic amines) is 1. The summed E-state index contributed by atoms with van der Waals surface area (Å²) in [6.45, 7) is 3.74. The van der Waals surface area contributed by atoms with E-state index in [1.165, 1.54) is 12.8 Å². The average molecular weight is 199 g/mol. The largest absolute Gasteiger partial charge is 0.396 e. The van der Waals surface area contributed by atoms with Crippen molar-refractivity contribution in [3.63, 3.8) is 0 Å². The van der Waals surface area contributed by atoms with Gasteiger partial charge < -0.3 is 10.0 Å². The van der Waals surface area contributed by atoms with Crippen LogP contribution in [0.15, 0.2) is 0 Å². The lowest BCUT2D eigenvalue weighted by Crippen LogP contribution is -2.37. The molecule has 1 unspecified atom stereocenters. The standard InChI is InChI=1S/C11H21NO2/c1-10(9-13)8-12-7-5-3-2-4-6-11(12)14/h10,13H,2-9H2,1H3. The van der Waals surface area contributed by atoms with Gasteiger partial charge in [-0.05, 0) is 18.8 Å². The fourth-order valence-corrected chi connectivity index (χ4v) is 1.84. The lowest BCUT2D eigenvalue weighted by atomic mass is 10.1. The lowest BCUT2D eigenvalue weighted by molar-refractivity contribution is -0.132. The Hall–Kier alpha value is -0.570. The van der Waals surface area contributed by atoms with Crippen LogP contribution in [0, 0.1) is 5.92 Å². The number of amides is 1. The molecule has 0 spiro atoms. The predicted molar refractivity (Wildman–Crippen MR) is 55.9 cm³/mol. The van der Waals surface area contributed by atoms with Crippen LogP contribution in [0.25, 0.3) is 0 Å². The van der Waals surface area contributed by atoms with E-state index in [-0.39, 0.29) is 18.4 Å². The van der Waals surface area contributed by atoms with Crippen LogP contribution in [-0.4, -0.2) is 35.6 Å². The molecule has 1 heterocycles. The summed E-state index contributed by atoms with van der Waals surface area (Å²) in [4.78, 5) is 13.6. The van der Waals surface area contributed by atoms with Gasteiger partial charge in [0, 0.05) is 26.1 Å². The quantitative estimate of drug-likeness (QED) is 0.746. The second-order valence-electron chi connectivity index (χ2n) is 4.29. The maximum absolute atomic E-state index is 11.7. The zero-order chi connectivity index (χ0) is 10.4. The minimum atomic E-state index is 0.170. The van der Waals surface area contributed by atoms with Gasteiger partial charge in [0.25, 0.3) is 0 Å². The van der Waals surface area contributed by atoms with E-state index in [0.29, 0.717) is 6.42 Å². The topological polar surface area (TPSA) is 40.5 Å². The molecule has 1 saturated heterocycles. The predicted octanol–water partition coefficient (Wildman–Crippen LogP) is 1.41. The second-order valence-corrected chi connectivity index (χ2v) is 4.29. The van der Waals surface area contributed by atoms with Crippen LogP contribution in [0.3, 0.4) is 0 Å². The van der Waals surface area contributed by atoms with Gasteiger partial charge in [0.2, 0.25) is 5.91 Å². The summed E-state index contributed by atoms with van der Waals surface area (Å²) >= 11 is 0. The number of hydrogen-bond donors (Lipinski definition) is 1. The van der Waals surface area contributed by atoms with Gasteiger partial charge >= 0.3 is 0 Å². The van der Waals surface area contributed by atoms with Crippen molar-refractivity contribution in [2.24, 2.45) is 5.92 Å². The van der Waals surface area contributed by atoms with Crippen LogP contribution in [0.2, 0.25) is 0 Å². The number of aliphatic hydroxyl groups excluding tert-OH is 1. The van der Waals surface area contributed by atoms with Gasteiger partial charge in [-0.15, -0.1) is 0 Å². The summed E-state index contributed by atoms with van der Waals surface area (Å²) in [7, 11) is 0. The number of carbonyl (C=O) groups is 1. The summed E-state index contributed by atoms with van der Waals surface area (Å²) in [5, 5.41) is 8.94. The summed E-state index contributed by atoms with van der Waals surface area (Å²) in [5.41, 5.74) is 0. The van der Waals surface area contributed by atoms with E-state index in [1.54, 1.807) is 0 Å². The first-order chi connectivity index (χ1) is 6.74. The van der Waals surface area contributed by atoms with Crippen molar-refractivity contribution in [3.05, 3.63) is 0 Å². The molecule has 3 heteroatoms. The molecular formula is C11H21NO2. The van der Waals surface area contributed by atoms with Gasteiger partial charge in [-0.1, -0.05) is 19.8 Å². The molecule has 0 aliphatic carbocycles. The lowest BCUT2D eigenvalue weighted by Gasteiger charge is -2.27. The molecule has 1 N–H and O–H groups in total. The third-order valence-electron chi connectivity index (χ3n) is 2.77. The fraction of sp³-hybridized carbons (Fsp3) is 0.909. The minimum absolute atomic E-state index is 0.170. The van der Waals surface area contributed by atoms with Crippen molar-refractivity contribution in [2.45, 2.75) is 39.0 Å². The van der Waals surface area contributed by atoms with Crippen LogP contribution in [-0.2, 0) is 4.79 Å². The third kappa shape index (κ3) is 3.66. The second kappa shape index (κ2) is 6.02. The Balaban J connectivity index is 2.41. The highest BCUT2D eigenvalue weighted by Gasteiger charge is 2.17. The van der Waals surface area contributed by atoms with E-state index in [0.717, 1.165) is 25.9 Å². The Morgan fingerprint density at radius 1 is 1.36 bits per heavy atom. The summed E-state index contributed by atoms with van der Waals surface area (Å²) in [5.74, 6) is 0.475. The molecule has 0 saturated carbocycles. The van der Waals surface area contributed by atoms with Crippen molar-refractivity contribution >= 4 is 5.91 Å². The molecule has 14 heavy (non-hydrogen) atoms. The molecule has 0 bridgehead atoms. The molecular weight excluding hydrogens is 178 g/mol. The summed E-state index contributed by atoms with van der Waals surface area (Å²) in [6, 6.07) is 0. The van der Waals surface area contributed by atoms with Crippen LogP contribution >= 0.6 is 0 Å². The molecule has 1 aliphatic rings. The molecule has 1 fully saturated rings. The average Bonchev–Trinajstić information content (AvgIpc) is 2.17. The Morgan fingerprint density at radius 2 is 2.07 bits per heavy atom. The highest BCUT2D eigenvalue weighted by molar-refractivity contribution is 5.76. The van der Waals surface area contributed by atoms with E-state index < -0.39 is 0 Å². The van der Waals surface area contributed by atoms with Crippen LogP contribution in [0.1, 0.15) is 39.0 Å². The highest BCUT2D eigenvalue weighted by atomic mass is 16.3. The number of aliphatic hydroxyl groups is 1. The van der Waals surface area contributed by atoms with Gasteiger partial charge in [0.1, 0.15) is 0 Å². The number of hydrogen-bond acceptors (Lipinski definition) is 2. The van der Waals surface area contributed by atoms with Gasteiger partial charge in [-0.25, -0.2) is 0 Å². The van der Waals surface area contributed by atoms with E-state index >= 15 is 0 Å². The smallest absolute Gasteiger partial charge is 0.222 e. The first-order valence-corrected chi connectivity index (χ1v) is 5.62. The van der Waals surface area contributed by atoms with Crippen LogP contribution < -0.4 is 0 Å². The zero-order valence-corrected chi connectivity index (χ0v) is 9.04. The van der Waals surface area contributed by atoms with Gasteiger partial charge in [-0.3, -0.25) is 4.79 Å². The van der Waals surface area contributed by atoms with Crippen molar-refractivity contribution in [3.8, 4) is 0 Å². The number of carbonyl (C=O) groups excluding carboxylic acids is 1. The molecule has 0 aromatic heterocycles. The SMILES string of the molecule is CC(CO)CN1CCCCCCC1=O. The van der Waals surface area contributed by atoms with Crippen molar-refractivity contribution < 1.29 is 9.90 Å². The van der Waals surface area contributed by atoms with Crippen molar-refractivity contribution in [1.29, 1.82) is 0 Å². The molecule has 1 aliphatic heterocycles. The van der Waals surface area contributed by atoms with Gasteiger partial charge in [0.05, 0.1) is 0 Å². The number of rotatable bonds is 3. The Morgan fingerprint density at radius 3 is 2.79 bits per heavy atom. The van der Waals surface area contributed by atoms with Gasteiger partial charge in [-0.2, -0.15) is 0 Å². The molecule has 82 valence electrons. The fourth-order valence-electron chi connectivity index (χ4n) is 1.84. The highest BCUT2D eigenvalue weighted by Crippen LogP contribution is 2.12. The molecule has 0 aromatic rings. The van der Waals surface area contributed by atoms with Crippen molar-refractivity contribution in [1.82, 2.24) is 4.90 Å². The van der Waals surface area contributed by atoms with E-state index in [2.05, 4.69) is 0 Å². The van der Waals surface area contributed by atoms with E-state index in [4.69, 9.17) is 5.11 Å². The molecule has 0 radical (unpaired) electrons. The monoisotopic (exact) mass is 199 g/mol. The maximum atomic E-state index is 11.7. The normalized spacial score (nSPS) is 21.6. The van der Waals surface area contributed by atoms with Crippen LogP contribution in [0.4, 0.5) is 0 Å². The minimum Gasteiger partial charge on any atom is -0.396 e. The summed E-state index contributed by atoms with van der Waals surface area (Å²) in [6.07, 6.45) is 5.26. The summed E-state index contributed by atoms with van der Waals surface area (Å²) < 4.78 is 0. The Bertz CT molecular complexity index is 182.